The van der Waals surface area contributed by atoms with Crippen LogP contribution in [-0.2, 0) is 15.7 Å². The van der Waals surface area contributed by atoms with Crippen LogP contribution in [0.2, 0.25) is 0 Å². The molecule has 1 aliphatic heterocycles. The molecule has 2 atom stereocenters. The first kappa shape index (κ1) is 27.7. The number of benzene rings is 1. The van der Waals surface area contributed by atoms with Crippen molar-refractivity contribution in [3.05, 3.63) is 53.9 Å². The van der Waals surface area contributed by atoms with Crippen molar-refractivity contribution >= 4 is 17.6 Å². The average molecular weight is 534 g/mol. The topological polar surface area (TPSA) is 80.8 Å². The van der Waals surface area contributed by atoms with Crippen LogP contribution in [0.25, 0.3) is 0 Å². The van der Waals surface area contributed by atoms with E-state index in [9.17, 15) is 22.8 Å². The molecule has 2 aromatic rings. The summed E-state index contributed by atoms with van der Waals surface area (Å²) in [5.74, 6) is -0.176. The highest BCUT2D eigenvalue weighted by Gasteiger charge is 2.34. The number of piperidine rings is 1. The summed E-state index contributed by atoms with van der Waals surface area (Å²) in [5, 5.41) is 2.96. The van der Waals surface area contributed by atoms with Crippen LogP contribution in [0.3, 0.4) is 0 Å². The van der Waals surface area contributed by atoms with Gasteiger partial charge in [0.15, 0.2) is 0 Å². The molecule has 7 nitrogen and oxygen atoms in total. The molecule has 1 unspecified atom stereocenters. The third-order valence-electron chi connectivity index (χ3n) is 6.78. The van der Waals surface area contributed by atoms with Crippen molar-refractivity contribution in [2.24, 2.45) is 5.92 Å². The predicted molar refractivity (Wildman–Crippen MR) is 136 cm³/mol. The Morgan fingerprint density at radius 2 is 1.66 bits per heavy atom. The second-order valence-electron chi connectivity index (χ2n) is 10.9. The quantitative estimate of drug-likeness (QED) is 0.502. The van der Waals surface area contributed by atoms with Gasteiger partial charge < -0.3 is 19.7 Å². The van der Waals surface area contributed by atoms with Crippen molar-refractivity contribution in [3.63, 3.8) is 0 Å². The van der Waals surface area contributed by atoms with E-state index in [4.69, 9.17) is 9.47 Å². The molecule has 2 heterocycles. The number of ether oxygens (including phenoxy) is 2. The smallest absolute Gasteiger partial charge is 0.416 e. The minimum atomic E-state index is -4.34. The fourth-order valence-electron chi connectivity index (χ4n) is 4.84. The summed E-state index contributed by atoms with van der Waals surface area (Å²) in [6.07, 6.45) is 0.492. The lowest BCUT2D eigenvalue weighted by atomic mass is 10.1. The van der Waals surface area contributed by atoms with Gasteiger partial charge in [-0.25, -0.2) is 4.98 Å². The molecule has 2 fully saturated rings. The standard InChI is InChI=1S/C28H34F3N3O4/c1-27(2,3)38-26(36)18-4-7-20(16-18)33-25(35)24-11-10-23(17-32-24)37-22-12-14-34(15-13-22)21-8-5-19(6-9-21)28(29,30)31/h5-6,8-11,17-18,20,22H,4,7,12-16H2,1-3H3,(H,33,35)/t18?,20-/m1/s1. The molecular weight excluding hydrogens is 499 g/mol. The van der Waals surface area contributed by atoms with Crippen molar-refractivity contribution in [2.45, 2.75) is 76.8 Å². The maximum atomic E-state index is 12.8. The number of aromatic nitrogens is 1. The zero-order valence-electron chi connectivity index (χ0n) is 21.9. The second-order valence-corrected chi connectivity index (χ2v) is 10.9. The average Bonchev–Trinajstić information content (AvgIpc) is 3.32. The molecule has 0 radical (unpaired) electrons. The monoisotopic (exact) mass is 533 g/mol. The number of halogens is 3. The van der Waals surface area contributed by atoms with Gasteiger partial charge in [0.25, 0.3) is 5.91 Å². The Morgan fingerprint density at radius 3 is 2.24 bits per heavy atom. The van der Waals surface area contributed by atoms with Gasteiger partial charge in [-0.1, -0.05) is 0 Å². The van der Waals surface area contributed by atoms with Crippen LogP contribution < -0.4 is 15.0 Å². The second kappa shape index (κ2) is 11.2. The molecule has 1 aliphatic carbocycles. The molecule has 206 valence electrons. The van der Waals surface area contributed by atoms with Crippen LogP contribution >= 0.6 is 0 Å². The number of hydrogen-bond acceptors (Lipinski definition) is 6. The first-order valence-corrected chi connectivity index (χ1v) is 13.0. The Bertz CT molecular complexity index is 1110. The Hall–Kier alpha value is -3.30. The minimum Gasteiger partial charge on any atom is -0.489 e. The zero-order chi connectivity index (χ0) is 27.5. The molecule has 38 heavy (non-hydrogen) atoms. The van der Waals surface area contributed by atoms with Crippen molar-refractivity contribution in [1.29, 1.82) is 0 Å². The first-order valence-electron chi connectivity index (χ1n) is 13.0. The van der Waals surface area contributed by atoms with Gasteiger partial charge in [-0.05, 0) is 76.4 Å². The van der Waals surface area contributed by atoms with E-state index in [0.717, 1.165) is 17.8 Å². The fourth-order valence-corrected chi connectivity index (χ4v) is 4.84. The summed E-state index contributed by atoms with van der Waals surface area (Å²) in [6.45, 7) is 6.84. The first-order chi connectivity index (χ1) is 17.9. The van der Waals surface area contributed by atoms with Gasteiger partial charge in [0.1, 0.15) is 23.1 Å². The Balaban J connectivity index is 1.22. The molecule has 1 saturated heterocycles. The highest BCUT2D eigenvalue weighted by Crippen LogP contribution is 2.32. The lowest BCUT2D eigenvalue weighted by Crippen LogP contribution is -2.38. The van der Waals surface area contributed by atoms with Crippen LogP contribution in [0.15, 0.2) is 42.6 Å². The fraction of sp³-hybridized carbons (Fsp3) is 0.536. The van der Waals surface area contributed by atoms with E-state index in [1.165, 1.54) is 18.3 Å². The van der Waals surface area contributed by atoms with E-state index in [-0.39, 0.29) is 35.6 Å². The van der Waals surface area contributed by atoms with Crippen molar-refractivity contribution in [1.82, 2.24) is 10.3 Å². The van der Waals surface area contributed by atoms with E-state index < -0.39 is 17.3 Å². The van der Waals surface area contributed by atoms with E-state index in [1.807, 2.05) is 25.7 Å². The number of nitrogens with zero attached hydrogens (tertiary/aromatic N) is 2. The van der Waals surface area contributed by atoms with E-state index in [0.29, 0.717) is 50.9 Å². The Labute approximate surface area is 220 Å². The molecule has 1 aromatic heterocycles. The van der Waals surface area contributed by atoms with E-state index in [2.05, 4.69) is 10.3 Å². The maximum absolute atomic E-state index is 12.8. The van der Waals surface area contributed by atoms with Gasteiger partial charge in [-0.3, -0.25) is 9.59 Å². The lowest BCUT2D eigenvalue weighted by molar-refractivity contribution is -0.159. The summed E-state index contributed by atoms with van der Waals surface area (Å²) < 4.78 is 49.9. The summed E-state index contributed by atoms with van der Waals surface area (Å²) >= 11 is 0. The van der Waals surface area contributed by atoms with E-state index in [1.54, 1.807) is 12.1 Å². The number of hydrogen-bond donors (Lipinski definition) is 1. The number of amides is 1. The van der Waals surface area contributed by atoms with Gasteiger partial charge in [-0.15, -0.1) is 0 Å². The Morgan fingerprint density at radius 1 is 0.974 bits per heavy atom. The normalized spacial score (nSPS) is 20.7. The highest BCUT2D eigenvalue weighted by molar-refractivity contribution is 5.92. The molecule has 0 spiro atoms. The molecule has 10 heteroatoms. The third kappa shape index (κ3) is 7.39. The van der Waals surface area contributed by atoms with Crippen LogP contribution in [0, 0.1) is 5.92 Å². The molecular formula is C28H34F3N3O4. The molecule has 1 saturated carbocycles. The number of carbonyl (C=O) groups excluding carboxylic acids is 2. The third-order valence-corrected chi connectivity index (χ3v) is 6.78. The van der Waals surface area contributed by atoms with Crippen LogP contribution in [0.1, 0.15) is 68.9 Å². The van der Waals surface area contributed by atoms with E-state index >= 15 is 0 Å². The number of nitrogens with one attached hydrogen (secondary N) is 1. The molecule has 2 aliphatic rings. The lowest BCUT2D eigenvalue weighted by Gasteiger charge is -2.33. The summed E-state index contributed by atoms with van der Waals surface area (Å²) in [7, 11) is 0. The Kier molecular flexibility index (Phi) is 8.18. The van der Waals surface area contributed by atoms with Gasteiger partial charge in [0.2, 0.25) is 0 Å². The summed E-state index contributed by atoms with van der Waals surface area (Å²) in [5.41, 5.74) is -0.157. The van der Waals surface area contributed by atoms with Gasteiger partial charge >= 0.3 is 12.1 Å². The summed E-state index contributed by atoms with van der Waals surface area (Å²) in [4.78, 5) is 31.2. The van der Waals surface area contributed by atoms with Crippen molar-refractivity contribution in [3.8, 4) is 5.75 Å². The van der Waals surface area contributed by atoms with Crippen LogP contribution in [-0.4, -0.2) is 47.7 Å². The molecule has 1 amide bonds. The minimum absolute atomic E-state index is 0.0505. The number of rotatable bonds is 6. The number of pyridine rings is 1. The predicted octanol–water partition coefficient (Wildman–Crippen LogP) is 5.39. The number of esters is 1. The maximum Gasteiger partial charge on any atom is 0.416 e. The largest absolute Gasteiger partial charge is 0.489 e. The van der Waals surface area contributed by atoms with Crippen LogP contribution in [0.5, 0.6) is 5.75 Å². The highest BCUT2D eigenvalue weighted by atomic mass is 19.4. The molecule has 4 rings (SSSR count). The van der Waals surface area contributed by atoms with Gasteiger partial charge in [0, 0.05) is 37.7 Å². The molecule has 1 aromatic carbocycles. The van der Waals surface area contributed by atoms with Gasteiger partial charge in [0.05, 0.1) is 17.7 Å². The van der Waals surface area contributed by atoms with Crippen molar-refractivity contribution in [2.75, 3.05) is 18.0 Å². The number of carbonyl (C=O) groups is 2. The SMILES string of the molecule is CC(C)(C)OC(=O)C1CC[C@@H](NC(=O)c2ccc(OC3CCN(c4ccc(C(F)(F)F)cc4)CC3)cn2)C1. The zero-order valence-corrected chi connectivity index (χ0v) is 21.9. The van der Waals surface area contributed by atoms with Gasteiger partial charge in [-0.2, -0.15) is 13.2 Å². The number of alkyl halides is 3. The van der Waals surface area contributed by atoms with Crippen LogP contribution in [0.4, 0.5) is 18.9 Å². The molecule has 0 bridgehead atoms. The molecule has 1 N–H and O–H groups in total. The summed E-state index contributed by atoms with van der Waals surface area (Å²) in [6, 6.07) is 8.43. The number of anilines is 1. The van der Waals surface area contributed by atoms with Crippen molar-refractivity contribution < 1.29 is 32.2 Å².